The zero-order chi connectivity index (χ0) is 17.9. The summed E-state index contributed by atoms with van der Waals surface area (Å²) in [7, 11) is -3.69. The molecule has 9 heteroatoms. The highest BCUT2D eigenvalue weighted by atomic mass is 35.5. The van der Waals surface area contributed by atoms with Crippen molar-refractivity contribution in [1.29, 1.82) is 0 Å². The Kier molecular flexibility index (Phi) is 5.97. The lowest BCUT2D eigenvalue weighted by atomic mass is 10.2. The van der Waals surface area contributed by atoms with E-state index in [9.17, 15) is 13.2 Å². The Hall–Kier alpha value is -1.48. The molecule has 6 nitrogen and oxygen atoms in total. The number of benzene rings is 1. The Bertz CT molecular complexity index is 847. The number of hydrogen-bond acceptors (Lipinski definition) is 5. The minimum absolute atomic E-state index is 0.000570. The van der Waals surface area contributed by atoms with Crippen LogP contribution in [0.4, 0.5) is 0 Å². The van der Waals surface area contributed by atoms with Gasteiger partial charge in [0.05, 0.1) is 27.0 Å². The number of thiazole rings is 1. The van der Waals surface area contributed by atoms with E-state index < -0.39 is 15.9 Å². The highest BCUT2D eigenvalue weighted by molar-refractivity contribution is 7.89. The second kappa shape index (κ2) is 7.60. The summed E-state index contributed by atoms with van der Waals surface area (Å²) in [6.45, 7) is 5.63. The molecule has 0 saturated heterocycles. The number of amides is 1. The van der Waals surface area contributed by atoms with Gasteiger partial charge in [-0.3, -0.25) is 4.79 Å². The zero-order valence-corrected chi connectivity index (χ0v) is 15.8. The van der Waals surface area contributed by atoms with Crippen LogP contribution >= 0.6 is 22.9 Å². The smallest absolute Gasteiger partial charge is 0.253 e. The summed E-state index contributed by atoms with van der Waals surface area (Å²) in [6, 6.07) is 3.80. The molecule has 130 valence electrons. The van der Waals surface area contributed by atoms with Gasteiger partial charge in [0.1, 0.15) is 0 Å². The van der Waals surface area contributed by atoms with Crippen molar-refractivity contribution >= 4 is 38.9 Å². The Labute approximate surface area is 150 Å². The lowest BCUT2D eigenvalue weighted by Crippen LogP contribution is -2.30. The SMILES string of the molecule is Cc1ncc(CNC(=O)c2cc(S(=O)(=O)NC(C)C)ccc2Cl)s1. The van der Waals surface area contributed by atoms with E-state index in [1.54, 1.807) is 20.0 Å². The zero-order valence-electron chi connectivity index (χ0n) is 13.5. The number of aromatic nitrogens is 1. The van der Waals surface area contributed by atoms with Crippen molar-refractivity contribution in [2.45, 2.75) is 38.3 Å². The summed E-state index contributed by atoms with van der Waals surface area (Å²) >= 11 is 7.53. The number of halogens is 1. The third-order valence-corrected chi connectivity index (χ3v) is 5.87. The minimum Gasteiger partial charge on any atom is -0.347 e. The number of aryl methyl sites for hydroxylation is 1. The van der Waals surface area contributed by atoms with E-state index in [2.05, 4.69) is 15.0 Å². The van der Waals surface area contributed by atoms with E-state index >= 15 is 0 Å². The van der Waals surface area contributed by atoms with Crippen molar-refractivity contribution in [3.8, 4) is 0 Å². The molecular formula is C15H18ClN3O3S2. The van der Waals surface area contributed by atoms with Crippen LogP contribution in [-0.4, -0.2) is 25.4 Å². The normalized spacial score (nSPS) is 11.7. The van der Waals surface area contributed by atoms with Gasteiger partial charge in [-0.25, -0.2) is 18.1 Å². The fraction of sp³-hybridized carbons (Fsp3) is 0.333. The fourth-order valence-corrected chi connectivity index (χ4v) is 4.19. The summed E-state index contributed by atoms with van der Waals surface area (Å²) in [4.78, 5) is 17.3. The van der Waals surface area contributed by atoms with Crippen LogP contribution in [0, 0.1) is 6.92 Å². The molecule has 0 saturated carbocycles. The minimum atomic E-state index is -3.69. The number of nitrogens with one attached hydrogen (secondary N) is 2. The molecule has 1 heterocycles. The van der Waals surface area contributed by atoms with Gasteiger partial charge in [0.15, 0.2) is 0 Å². The van der Waals surface area contributed by atoms with Crippen molar-refractivity contribution in [3.63, 3.8) is 0 Å². The van der Waals surface area contributed by atoms with Gasteiger partial charge in [-0.2, -0.15) is 0 Å². The average molecular weight is 388 g/mol. The monoisotopic (exact) mass is 387 g/mol. The molecule has 0 aliphatic heterocycles. The highest BCUT2D eigenvalue weighted by Crippen LogP contribution is 2.21. The quantitative estimate of drug-likeness (QED) is 0.797. The first-order valence-corrected chi connectivity index (χ1v) is 9.88. The molecular weight excluding hydrogens is 370 g/mol. The van der Waals surface area contributed by atoms with Gasteiger partial charge in [0.25, 0.3) is 5.91 Å². The molecule has 1 amide bonds. The highest BCUT2D eigenvalue weighted by Gasteiger charge is 2.19. The third-order valence-electron chi connectivity index (χ3n) is 2.98. The molecule has 0 bridgehead atoms. The van der Waals surface area contributed by atoms with Gasteiger partial charge in [-0.1, -0.05) is 11.6 Å². The molecule has 2 N–H and O–H groups in total. The fourth-order valence-electron chi connectivity index (χ4n) is 1.97. The van der Waals surface area contributed by atoms with Crippen molar-refractivity contribution in [3.05, 3.63) is 44.9 Å². The van der Waals surface area contributed by atoms with Crippen molar-refractivity contribution in [1.82, 2.24) is 15.0 Å². The predicted molar refractivity (Wildman–Crippen MR) is 94.9 cm³/mol. The number of sulfonamides is 1. The maximum Gasteiger partial charge on any atom is 0.253 e. The summed E-state index contributed by atoms with van der Waals surface area (Å²) in [5, 5.41) is 3.82. The van der Waals surface area contributed by atoms with E-state index in [0.717, 1.165) is 9.88 Å². The number of nitrogens with zero attached hydrogens (tertiary/aromatic N) is 1. The number of hydrogen-bond donors (Lipinski definition) is 2. The molecule has 2 aromatic rings. The Morgan fingerprint density at radius 3 is 2.67 bits per heavy atom. The van der Waals surface area contributed by atoms with Crippen LogP contribution in [-0.2, 0) is 16.6 Å². The summed E-state index contributed by atoms with van der Waals surface area (Å²) in [5.74, 6) is -0.437. The molecule has 0 atom stereocenters. The molecule has 0 fully saturated rings. The molecule has 1 aromatic carbocycles. The lowest BCUT2D eigenvalue weighted by molar-refractivity contribution is 0.0951. The first-order valence-electron chi connectivity index (χ1n) is 7.20. The van der Waals surface area contributed by atoms with Gasteiger partial charge in [-0.05, 0) is 39.0 Å². The van der Waals surface area contributed by atoms with Crippen LogP contribution in [0.25, 0.3) is 0 Å². The molecule has 0 radical (unpaired) electrons. The van der Waals surface area contributed by atoms with Gasteiger partial charge < -0.3 is 5.32 Å². The predicted octanol–water partition coefficient (Wildman–Crippen LogP) is 2.72. The average Bonchev–Trinajstić information content (AvgIpc) is 2.89. The van der Waals surface area contributed by atoms with E-state index in [1.165, 1.54) is 29.5 Å². The van der Waals surface area contributed by atoms with E-state index in [4.69, 9.17) is 11.6 Å². The van der Waals surface area contributed by atoms with Crippen molar-refractivity contribution < 1.29 is 13.2 Å². The van der Waals surface area contributed by atoms with Crippen molar-refractivity contribution in [2.24, 2.45) is 0 Å². The largest absolute Gasteiger partial charge is 0.347 e. The first kappa shape index (κ1) is 18.9. The van der Waals surface area contributed by atoms with Crippen LogP contribution in [0.2, 0.25) is 5.02 Å². The Morgan fingerprint density at radius 1 is 1.38 bits per heavy atom. The standard InChI is InChI=1S/C15H18ClN3O3S2/c1-9(2)19-24(21,22)12-4-5-14(16)13(6-12)15(20)18-8-11-7-17-10(3)23-11/h4-7,9,19H,8H2,1-3H3,(H,18,20). The molecule has 0 unspecified atom stereocenters. The second-order valence-corrected chi connectivity index (χ2v) is 8.89. The van der Waals surface area contributed by atoms with Crippen LogP contribution in [0.15, 0.2) is 29.3 Å². The van der Waals surface area contributed by atoms with Gasteiger partial charge in [0.2, 0.25) is 10.0 Å². The molecule has 0 aliphatic carbocycles. The maximum atomic E-state index is 12.3. The Balaban J connectivity index is 2.20. The van der Waals surface area contributed by atoms with Crippen molar-refractivity contribution in [2.75, 3.05) is 0 Å². The van der Waals surface area contributed by atoms with Crippen LogP contribution in [0.1, 0.15) is 34.1 Å². The van der Waals surface area contributed by atoms with Crippen LogP contribution < -0.4 is 10.0 Å². The number of carbonyl (C=O) groups is 1. The van der Waals surface area contributed by atoms with E-state index in [0.29, 0.717) is 6.54 Å². The van der Waals surface area contributed by atoms with Crippen LogP contribution in [0.3, 0.4) is 0 Å². The molecule has 0 aliphatic rings. The van der Waals surface area contributed by atoms with Gasteiger partial charge >= 0.3 is 0 Å². The Morgan fingerprint density at radius 2 is 2.08 bits per heavy atom. The summed E-state index contributed by atoms with van der Waals surface area (Å²) in [6.07, 6.45) is 1.69. The van der Waals surface area contributed by atoms with E-state index in [1.807, 2.05) is 6.92 Å². The van der Waals surface area contributed by atoms with Gasteiger partial charge in [-0.15, -0.1) is 11.3 Å². The number of rotatable bonds is 6. The second-order valence-electron chi connectivity index (χ2n) is 5.45. The summed E-state index contributed by atoms with van der Waals surface area (Å²) in [5.41, 5.74) is 0.115. The molecule has 1 aromatic heterocycles. The van der Waals surface area contributed by atoms with Gasteiger partial charge in [0, 0.05) is 17.1 Å². The first-order chi connectivity index (χ1) is 11.2. The topological polar surface area (TPSA) is 88.2 Å². The molecule has 2 rings (SSSR count). The number of carbonyl (C=O) groups excluding carboxylic acids is 1. The third kappa shape index (κ3) is 4.76. The molecule has 24 heavy (non-hydrogen) atoms. The lowest BCUT2D eigenvalue weighted by Gasteiger charge is -2.11. The summed E-state index contributed by atoms with van der Waals surface area (Å²) < 4.78 is 26.9. The van der Waals surface area contributed by atoms with Crippen LogP contribution in [0.5, 0.6) is 0 Å². The van der Waals surface area contributed by atoms with E-state index in [-0.39, 0.29) is 21.5 Å². The molecule has 0 spiro atoms. The maximum absolute atomic E-state index is 12.3.